The number of hydrogen-bond acceptors (Lipinski definition) is 7. The van der Waals surface area contributed by atoms with Gasteiger partial charge in [-0.3, -0.25) is 4.79 Å². The van der Waals surface area contributed by atoms with Gasteiger partial charge in [0.05, 0.1) is 10.6 Å². The molecule has 0 aliphatic heterocycles. The molecule has 0 spiro atoms. The number of sulfonamides is 1. The Hall–Kier alpha value is -2.01. The van der Waals surface area contributed by atoms with E-state index in [2.05, 4.69) is 15.3 Å². The van der Waals surface area contributed by atoms with Crippen molar-refractivity contribution < 1.29 is 13.2 Å². The fourth-order valence-corrected chi connectivity index (χ4v) is 6.36. The summed E-state index contributed by atoms with van der Waals surface area (Å²) in [6.45, 7) is 2.36. The molecule has 2 aromatic heterocycles. The molecule has 158 valence electrons. The number of thiophene rings is 1. The van der Waals surface area contributed by atoms with Crippen LogP contribution in [0.1, 0.15) is 28.2 Å². The Kier molecular flexibility index (Phi) is 6.10. The maximum absolute atomic E-state index is 12.3. The molecule has 3 N–H and O–H groups in total. The number of nitrogens with one attached hydrogen (secondary N) is 1. The number of amides is 1. The van der Waals surface area contributed by atoms with Gasteiger partial charge < -0.3 is 5.32 Å². The maximum atomic E-state index is 12.3. The van der Waals surface area contributed by atoms with Gasteiger partial charge in [0, 0.05) is 16.8 Å². The number of fused-ring (bicyclic) bond motifs is 3. The van der Waals surface area contributed by atoms with Crippen molar-refractivity contribution in [3.8, 4) is 0 Å². The molecular formula is C20H22N4O3S3. The second kappa shape index (κ2) is 8.62. The number of nitrogens with zero attached hydrogens (tertiary/aromatic N) is 2. The van der Waals surface area contributed by atoms with Crippen LogP contribution in [0.5, 0.6) is 0 Å². The summed E-state index contributed by atoms with van der Waals surface area (Å²) in [4.78, 5) is 24.0. The number of aryl methyl sites for hydroxylation is 3. The zero-order valence-corrected chi connectivity index (χ0v) is 18.9. The fraction of sp³-hybridized carbons (Fsp3) is 0.350. The van der Waals surface area contributed by atoms with Crippen LogP contribution >= 0.6 is 23.1 Å². The van der Waals surface area contributed by atoms with Gasteiger partial charge in [0.25, 0.3) is 0 Å². The standard InChI is InChI=1S/C20H22N4O3S3/c1-12-23-19(18-15-3-2-4-16(15)29-20(18)24-12)28-11-17(25)22-10-9-13-5-7-14(8-6-13)30(21,26)27/h5-8H,2-4,9-11H2,1H3,(H,22,25)(H2,21,26,27). The third-order valence-electron chi connectivity index (χ3n) is 4.97. The van der Waals surface area contributed by atoms with Crippen LogP contribution in [0.25, 0.3) is 10.2 Å². The zero-order chi connectivity index (χ0) is 21.3. The fourth-order valence-electron chi connectivity index (χ4n) is 3.55. The van der Waals surface area contributed by atoms with E-state index in [0.717, 1.165) is 39.5 Å². The average Bonchev–Trinajstić information content (AvgIpc) is 3.26. The first-order valence-electron chi connectivity index (χ1n) is 9.61. The molecule has 0 saturated heterocycles. The summed E-state index contributed by atoms with van der Waals surface area (Å²) in [5, 5.41) is 10.0. The third-order valence-corrected chi connectivity index (χ3v) is 8.06. The summed E-state index contributed by atoms with van der Waals surface area (Å²) in [5.41, 5.74) is 2.29. The van der Waals surface area contributed by atoms with Crippen LogP contribution in [0.4, 0.5) is 0 Å². The molecule has 0 unspecified atom stereocenters. The molecule has 1 amide bonds. The molecule has 0 saturated carbocycles. The number of aromatic nitrogens is 2. The highest BCUT2D eigenvalue weighted by Gasteiger charge is 2.22. The Labute approximate surface area is 183 Å². The van der Waals surface area contributed by atoms with Gasteiger partial charge in [-0.1, -0.05) is 23.9 Å². The van der Waals surface area contributed by atoms with E-state index in [1.807, 2.05) is 6.92 Å². The minimum atomic E-state index is -3.69. The van der Waals surface area contributed by atoms with Gasteiger partial charge in [-0.25, -0.2) is 23.5 Å². The zero-order valence-electron chi connectivity index (χ0n) is 16.5. The highest BCUT2D eigenvalue weighted by Crippen LogP contribution is 2.40. The van der Waals surface area contributed by atoms with E-state index in [1.54, 1.807) is 23.5 Å². The topological polar surface area (TPSA) is 115 Å². The molecule has 4 rings (SSSR count). The van der Waals surface area contributed by atoms with Crippen LogP contribution in [0.2, 0.25) is 0 Å². The smallest absolute Gasteiger partial charge is 0.238 e. The number of primary sulfonamides is 1. The Morgan fingerprint density at radius 2 is 2.00 bits per heavy atom. The lowest BCUT2D eigenvalue weighted by molar-refractivity contribution is -0.118. The summed E-state index contributed by atoms with van der Waals surface area (Å²) >= 11 is 3.21. The number of nitrogens with two attached hydrogens (primary N) is 1. The predicted octanol–water partition coefficient (Wildman–Crippen LogP) is 2.59. The van der Waals surface area contributed by atoms with Crippen LogP contribution in [0.3, 0.4) is 0 Å². The number of carbonyl (C=O) groups is 1. The lowest BCUT2D eigenvalue weighted by Gasteiger charge is -2.07. The van der Waals surface area contributed by atoms with Crippen molar-refractivity contribution in [1.82, 2.24) is 15.3 Å². The highest BCUT2D eigenvalue weighted by atomic mass is 32.2. The van der Waals surface area contributed by atoms with E-state index in [0.29, 0.717) is 18.7 Å². The second-order valence-corrected chi connectivity index (χ2v) is 10.8. The van der Waals surface area contributed by atoms with E-state index >= 15 is 0 Å². The van der Waals surface area contributed by atoms with Crippen molar-refractivity contribution >= 4 is 49.2 Å². The van der Waals surface area contributed by atoms with Gasteiger partial charge in [-0.05, 0) is 55.9 Å². The lowest BCUT2D eigenvalue weighted by atomic mass is 10.1. The highest BCUT2D eigenvalue weighted by molar-refractivity contribution is 8.00. The summed E-state index contributed by atoms with van der Waals surface area (Å²) in [7, 11) is -3.69. The third kappa shape index (κ3) is 4.66. The first kappa shape index (κ1) is 21.2. The number of thioether (sulfide) groups is 1. The Morgan fingerprint density at radius 1 is 1.23 bits per heavy atom. The summed E-state index contributed by atoms with van der Waals surface area (Å²) in [6.07, 6.45) is 3.95. The molecule has 1 aromatic carbocycles. The van der Waals surface area contributed by atoms with Gasteiger partial charge in [0.1, 0.15) is 15.7 Å². The summed E-state index contributed by atoms with van der Waals surface area (Å²) in [5.74, 6) is 0.964. The number of rotatable bonds is 7. The van der Waals surface area contributed by atoms with E-state index < -0.39 is 10.0 Å². The van der Waals surface area contributed by atoms with Gasteiger partial charge in [-0.2, -0.15) is 0 Å². The Balaban J connectivity index is 1.33. The van der Waals surface area contributed by atoms with E-state index in [4.69, 9.17) is 5.14 Å². The number of carbonyl (C=O) groups excluding carboxylic acids is 1. The van der Waals surface area contributed by atoms with Crippen molar-refractivity contribution in [3.05, 3.63) is 46.1 Å². The maximum Gasteiger partial charge on any atom is 0.238 e. The molecule has 10 heteroatoms. The van der Waals surface area contributed by atoms with Gasteiger partial charge in [0.2, 0.25) is 15.9 Å². The lowest BCUT2D eigenvalue weighted by Crippen LogP contribution is -2.27. The molecule has 2 heterocycles. The molecule has 0 atom stereocenters. The van der Waals surface area contributed by atoms with Crippen molar-refractivity contribution in [2.24, 2.45) is 5.14 Å². The van der Waals surface area contributed by atoms with Gasteiger partial charge >= 0.3 is 0 Å². The van der Waals surface area contributed by atoms with Gasteiger partial charge in [0.15, 0.2) is 0 Å². The average molecular weight is 463 g/mol. The van der Waals surface area contributed by atoms with E-state index in [-0.39, 0.29) is 10.8 Å². The molecular weight excluding hydrogens is 440 g/mol. The van der Waals surface area contributed by atoms with Crippen molar-refractivity contribution in [3.63, 3.8) is 0 Å². The van der Waals surface area contributed by atoms with E-state index in [1.165, 1.54) is 40.8 Å². The molecule has 0 radical (unpaired) electrons. The molecule has 1 aliphatic rings. The van der Waals surface area contributed by atoms with Crippen molar-refractivity contribution in [1.29, 1.82) is 0 Å². The second-order valence-electron chi connectivity index (χ2n) is 7.19. The molecule has 0 fully saturated rings. The molecule has 1 aliphatic carbocycles. The van der Waals surface area contributed by atoms with Crippen LogP contribution in [0, 0.1) is 6.92 Å². The van der Waals surface area contributed by atoms with E-state index in [9.17, 15) is 13.2 Å². The summed E-state index contributed by atoms with van der Waals surface area (Å²) < 4.78 is 22.6. The SMILES string of the molecule is Cc1nc(SCC(=O)NCCc2ccc(S(N)(=O)=O)cc2)c2c3c(sc2n1)CCC3. The van der Waals surface area contributed by atoms with Crippen LogP contribution < -0.4 is 10.5 Å². The molecule has 7 nitrogen and oxygen atoms in total. The monoisotopic (exact) mass is 462 g/mol. The Morgan fingerprint density at radius 3 is 2.73 bits per heavy atom. The molecule has 3 aromatic rings. The minimum Gasteiger partial charge on any atom is -0.355 e. The van der Waals surface area contributed by atoms with Gasteiger partial charge in [-0.15, -0.1) is 11.3 Å². The van der Waals surface area contributed by atoms with Crippen molar-refractivity contribution in [2.45, 2.75) is 42.5 Å². The van der Waals surface area contributed by atoms with Crippen molar-refractivity contribution in [2.75, 3.05) is 12.3 Å². The van der Waals surface area contributed by atoms with Crippen LogP contribution in [-0.2, 0) is 34.1 Å². The minimum absolute atomic E-state index is 0.0579. The Bertz CT molecular complexity index is 1200. The first-order valence-corrected chi connectivity index (χ1v) is 13.0. The number of hydrogen-bond donors (Lipinski definition) is 2. The normalized spacial score (nSPS) is 13.5. The predicted molar refractivity (Wildman–Crippen MR) is 119 cm³/mol. The van der Waals surface area contributed by atoms with Crippen LogP contribution in [0.15, 0.2) is 34.2 Å². The quantitative estimate of drug-likeness (QED) is 0.412. The molecule has 0 bridgehead atoms. The first-order chi connectivity index (χ1) is 14.3. The number of benzene rings is 1. The summed E-state index contributed by atoms with van der Waals surface area (Å²) in [6, 6.07) is 6.37. The molecule has 30 heavy (non-hydrogen) atoms. The van der Waals surface area contributed by atoms with Crippen LogP contribution in [-0.4, -0.2) is 36.6 Å². The largest absolute Gasteiger partial charge is 0.355 e.